The van der Waals surface area contributed by atoms with Gasteiger partial charge in [-0.25, -0.2) is 4.98 Å². The van der Waals surface area contributed by atoms with E-state index >= 15 is 0 Å². The molecule has 7 nitrogen and oxygen atoms in total. The topological polar surface area (TPSA) is 85.6 Å². The Morgan fingerprint density at radius 1 is 1.21 bits per heavy atom. The first kappa shape index (κ1) is 22.8. The second-order valence-corrected chi connectivity index (χ2v) is 10.2. The second-order valence-electron chi connectivity index (χ2n) is 8.87. The summed E-state index contributed by atoms with van der Waals surface area (Å²) in [5.41, 5.74) is 1.97. The van der Waals surface area contributed by atoms with Gasteiger partial charge in [-0.2, -0.15) is 0 Å². The summed E-state index contributed by atoms with van der Waals surface area (Å²) in [7, 11) is 1.64. The number of aromatic nitrogens is 1. The van der Waals surface area contributed by atoms with Crippen LogP contribution in [0.15, 0.2) is 47.8 Å². The lowest BCUT2D eigenvalue weighted by atomic mass is 9.91. The molecular formula is C25H24ClN3O4S. The van der Waals surface area contributed by atoms with E-state index in [9.17, 15) is 14.9 Å². The van der Waals surface area contributed by atoms with Crippen LogP contribution in [0.1, 0.15) is 42.2 Å². The van der Waals surface area contributed by atoms with E-state index < -0.39 is 4.92 Å². The number of rotatable bonds is 6. The number of carbonyl (C=O) groups excluding carboxylic acids is 1. The number of piperidine rings is 1. The summed E-state index contributed by atoms with van der Waals surface area (Å²) in [5, 5.41) is 14.3. The highest BCUT2D eigenvalue weighted by Gasteiger charge is 2.53. The van der Waals surface area contributed by atoms with Crippen molar-refractivity contribution in [1.82, 2.24) is 9.88 Å². The molecule has 1 saturated heterocycles. The van der Waals surface area contributed by atoms with Crippen molar-refractivity contribution >= 4 is 34.5 Å². The second kappa shape index (κ2) is 9.00. The van der Waals surface area contributed by atoms with Crippen molar-refractivity contribution in [2.45, 2.75) is 37.0 Å². The number of thiazole rings is 1. The molecule has 0 spiro atoms. The smallest absolute Gasteiger partial charge is 0.288 e. The van der Waals surface area contributed by atoms with Crippen LogP contribution < -0.4 is 4.74 Å². The summed E-state index contributed by atoms with van der Waals surface area (Å²) in [5.74, 6) is 1.30. The van der Waals surface area contributed by atoms with Crippen LogP contribution >= 0.6 is 22.9 Å². The number of hydrogen-bond donors (Lipinski definition) is 0. The average Bonchev–Trinajstić information content (AvgIpc) is 3.53. The maximum absolute atomic E-state index is 13.4. The fourth-order valence-electron chi connectivity index (χ4n) is 4.71. The normalized spacial score (nSPS) is 17.4. The van der Waals surface area contributed by atoms with Gasteiger partial charge < -0.3 is 9.64 Å². The third-order valence-electron chi connectivity index (χ3n) is 6.89. The van der Waals surface area contributed by atoms with Crippen molar-refractivity contribution < 1.29 is 14.5 Å². The molecule has 1 aliphatic carbocycles. The van der Waals surface area contributed by atoms with Gasteiger partial charge in [0.2, 0.25) is 5.91 Å². The number of nitro groups is 1. The summed E-state index contributed by atoms with van der Waals surface area (Å²) < 4.78 is 5.25. The molecule has 0 bridgehead atoms. The molecule has 176 valence electrons. The van der Waals surface area contributed by atoms with E-state index in [0.29, 0.717) is 18.7 Å². The van der Waals surface area contributed by atoms with Crippen LogP contribution in [0.25, 0.3) is 11.3 Å². The third kappa shape index (κ3) is 4.16. The summed E-state index contributed by atoms with van der Waals surface area (Å²) >= 11 is 7.50. The van der Waals surface area contributed by atoms with Crippen molar-refractivity contribution in [3.8, 4) is 17.0 Å². The van der Waals surface area contributed by atoms with Crippen LogP contribution in [0.4, 0.5) is 5.69 Å². The number of benzene rings is 2. The largest absolute Gasteiger partial charge is 0.497 e. The van der Waals surface area contributed by atoms with Crippen molar-refractivity contribution in [3.05, 3.63) is 73.6 Å². The first-order valence-corrected chi connectivity index (χ1v) is 12.5. The molecule has 1 aliphatic heterocycles. The van der Waals surface area contributed by atoms with Gasteiger partial charge in [0.1, 0.15) is 10.8 Å². The Morgan fingerprint density at radius 3 is 2.53 bits per heavy atom. The lowest BCUT2D eigenvalue weighted by Gasteiger charge is -2.34. The van der Waals surface area contributed by atoms with Gasteiger partial charge in [-0.05, 0) is 49.4 Å². The molecule has 5 rings (SSSR count). The van der Waals surface area contributed by atoms with Crippen molar-refractivity contribution in [3.63, 3.8) is 0 Å². The number of likely N-dealkylation sites (tertiary alicyclic amines) is 1. The quantitative estimate of drug-likeness (QED) is 0.316. The van der Waals surface area contributed by atoms with E-state index in [-0.39, 0.29) is 28.0 Å². The Kier molecular flexibility index (Phi) is 6.04. The van der Waals surface area contributed by atoms with Crippen molar-refractivity contribution in [2.75, 3.05) is 20.2 Å². The van der Waals surface area contributed by atoms with Gasteiger partial charge in [-0.1, -0.05) is 29.8 Å². The molecule has 0 N–H and O–H groups in total. The highest BCUT2D eigenvalue weighted by molar-refractivity contribution is 7.10. The summed E-state index contributed by atoms with van der Waals surface area (Å²) in [6.45, 7) is 1.42. The SMILES string of the molecule is COc1ccc(C2(C(=O)N3CCC(c4nc(-c5ccc(Cl)c([N+](=O)[O-])c5)cs4)CC3)CC2)cc1. The Morgan fingerprint density at radius 2 is 1.91 bits per heavy atom. The van der Waals surface area contributed by atoms with Crippen molar-refractivity contribution in [2.24, 2.45) is 0 Å². The molecule has 34 heavy (non-hydrogen) atoms. The molecule has 1 aromatic heterocycles. The molecule has 2 heterocycles. The predicted octanol–water partition coefficient (Wildman–Crippen LogP) is 5.82. The van der Waals surface area contributed by atoms with E-state index in [4.69, 9.17) is 21.3 Å². The van der Waals surface area contributed by atoms with Crippen LogP contribution in [-0.2, 0) is 10.2 Å². The first-order valence-electron chi connectivity index (χ1n) is 11.2. The average molecular weight is 498 g/mol. The molecule has 0 unspecified atom stereocenters. The fraction of sp³-hybridized carbons (Fsp3) is 0.360. The molecule has 2 fully saturated rings. The van der Waals surface area contributed by atoms with Crippen molar-refractivity contribution in [1.29, 1.82) is 0 Å². The van der Waals surface area contributed by atoms with Crippen LogP contribution in [0.3, 0.4) is 0 Å². The molecule has 3 aromatic rings. The number of carbonyl (C=O) groups is 1. The zero-order chi connectivity index (χ0) is 23.9. The zero-order valence-corrected chi connectivity index (χ0v) is 20.3. The molecule has 0 atom stereocenters. The minimum atomic E-state index is -0.482. The lowest BCUT2D eigenvalue weighted by molar-refractivity contribution is -0.384. The number of hydrogen-bond acceptors (Lipinski definition) is 6. The van der Waals surface area contributed by atoms with Gasteiger partial charge in [0.05, 0.1) is 28.1 Å². The molecule has 2 aliphatic rings. The van der Waals surface area contributed by atoms with Crippen LogP contribution in [-0.4, -0.2) is 40.9 Å². The number of halogens is 1. The monoisotopic (exact) mass is 497 g/mol. The number of ether oxygens (including phenoxy) is 1. The maximum Gasteiger partial charge on any atom is 0.288 e. The van der Waals surface area contributed by atoms with Gasteiger partial charge >= 0.3 is 0 Å². The molecule has 9 heteroatoms. The number of methoxy groups -OCH3 is 1. The van der Waals surface area contributed by atoms with Crippen LogP contribution in [0, 0.1) is 10.1 Å². The number of nitrogens with zero attached hydrogens (tertiary/aromatic N) is 3. The predicted molar refractivity (Wildman–Crippen MR) is 132 cm³/mol. The molecule has 1 amide bonds. The maximum atomic E-state index is 13.4. The molecule has 0 radical (unpaired) electrons. The van der Waals surface area contributed by atoms with E-state index in [1.54, 1.807) is 24.5 Å². The third-order valence-corrected chi connectivity index (χ3v) is 8.22. The standard InChI is InChI=1S/C25H24ClN3O4S/c1-33-19-5-3-18(4-6-19)25(10-11-25)24(30)28-12-8-16(9-13-28)23-27-21(15-34-23)17-2-7-20(26)22(14-17)29(31)32/h2-7,14-16H,8-13H2,1H3. The van der Waals surface area contributed by atoms with Gasteiger partial charge in [0.15, 0.2) is 0 Å². The number of nitro benzene ring substituents is 1. The highest BCUT2D eigenvalue weighted by atomic mass is 35.5. The van der Waals surface area contributed by atoms with E-state index in [1.165, 1.54) is 12.1 Å². The first-order chi connectivity index (χ1) is 16.4. The lowest BCUT2D eigenvalue weighted by Crippen LogP contribution is -2.43. The zero-order valence-electron chi connectivity index (χ0n) is 18.7. The number of amides is 1. The van der Waals surface area contributed by atoms with E-state index in [1.807, 2.05) is 34.5 Å². The Bertz CT molecular complexity index is 1230. The summed E-state index contributed by atoms with van der Waals surface area (Å²) in [6, 6.07) is 12.6. The molecular weight excluding hydrogens is 474 g/mol. The highest BCUT2D eigenvalue weighted by Crippen LogP contribution is 2.50. The van der Waals surface area contributed by atoms with Crippen LogP contribution in [0.5, 0.6) is 5.75 Å². The fourth-order valence-corrected chi connectivity index (χ4v) is 5.90. The Labute approximate surface area is 206 Å². The molecule has 2 aromatic carbocycles. The van der Waals surface area contributed by atoms with Gasteiger partial charge in [0.25, 0.3) is 5.69 Å². The van der Waals surface area contributed by atoms with Gasteiger partial charge in [-0.15, -0.1) is 11.3 Å². The minimum absolute atomic E-state index is 0.115. The Balaban J connectivity index is 1.25. The minimum Gasteiger partial charge on any atom is -0.497 e. The van der Waals surface area contributed by atoms with Crippen LogP contribution in [0.2, 0.25) is 5.02 Å². The van der Waals surface area contributed by atoms with Gasteiger partial charge in [0, 0.05) is 36.0 Å². The summed E-state index contributed by atoms with van der Waals surface area (Å²) in [4.78, 5) is 30.9. The molecule has 1 saturated carbocycles. The van der Waals surface area contributed by atoms with E-state index in [0.717, 1.165) is 47.7 Å². The Hall–Kier alpha value is -2.97. The summed E-state index contributed by atoms with van der Waals surface area (Å²) in [6.07, 6.45) is 3.50. The van der Waals surface area contributed by atoms with E-state index in [2.05, 4.69) is 0 Å². The van der Waals surface area contributed by atoms with Gasteiger partial charge in [-0.3, -0.25) is 14.9 Å².